The molecule has 0 spiro atoms. The average molecular weight is 294 g/mol. The van der Waals surface area contributed by atoms with Gasteiger partial charge in [-0.25, -0.2) is 13.1 Å². The molecule has 0 saturated carbocycles. The molecule has 0 heterocycles. The number of benzene rings is 1. The number of rotatable bonds is 5. The van der Waals surface area contributed by atoms with E-state index in [4.69, 9.17) is 16.3 Å². The summed E-state index contributed by atoms with van der Waals surface area (Å²) in [7, 11) is -2.38. The van der Waals surface area contributed by atoms with Gasteiger partial charge in [0.15, 0.2) is 0 Å². The number of nitrogens with one attached hydrogen (secondary N) is 1. The maximum absolute atomic E-state index is 12.0. The zero-order valence-electron chi connectivity index (χ0n) is 10.4. The lowest BCUT2D eigenvalue weighted by Crippen LogP contribution is -2.38. The molecule has 102 valence electrons. The average Bonchev–Trinajstić information content (AvgIpc) is 2.25. The van der Waals surface area contributed by atoms with Crippen LogP contribution < -0.4 is 9.46 Å². The Morgan fingerprint density at radius 2 is 2.06 bits per heavy atom. The Morgan fingerprint density at radius 1 is 1.44 bits per heavy atom. The molecule has 1 rings (SSSR count). The lowest BCUT2D eigenvalue weighted by atomic mass is 10.1. The minimum atomic E-state index is -3.75. The summed E-state index contributed by atoms with van der Waals surface area (Å²) in [5, 5.41) is 9.90. The molecule has 0 atom stereocenters. The largest absolute Gasteiger partial charge is 0.495 e. The molecule has 0 fully saturated rings. The van der Waals surface area contributed by atoms with Gasteiger partial charge in [-0.3, -0.25) is 0 Å². The van der Waals surface area contributed by atoms with Gasteiger partial charge in [0.2, 0.25) is 10.0 Å². The second-order valence-electron chi connectivity index (χ2n) is 4.43. The van der Waals surface area contributed by atoms with E-state index in [-0.39, 0.29) is 17.2 Å². The number of aliphatic hydroxyl groups is 1. The highest BCUT2D eigenvalue weighted by Gasteiger charge is 2.22. The first kappa shape index (κ1) is 15.2. The third-order valence-corrected chi connectivity index (χ3v) is 3.79. The van der Waals surface area contributed by atoms with Gasteiger partial charge in [-0.1, -0.05) is 11.6 Å². The lowest BCUT2D eigenvalue weighted by Gasteiger charge is -2.18. The Hall–Kier alpha value is -0.820. The van der Waals surface area contributed by atoms with Crippen LogP contribution in [0.2, 0.25) is 5.02 Å². The number of ether oxygens (including phenoxy) is 1. The normalized spacial score (nSPS) is 12.5. The van der Waals surface area contributed by atoms with E-state index >= 15 is 0 Å². The molecule has 0 unspecified atom stereocenters. The van der Waals surface area contributed by atoms with Crippen LogP contribution in [-0.4, -0.2) is 32.8 Å². The van der Waals surface area contributed by atoms with E-state index in [1.54, 1.807) is 0 Å². The molecule has 18 heavy (non-hydrogen) atoms. The summed E-state index contributed by atoms with van der Waals surface area (Å²) in [6, 6.07) is 4.23. The Kier molecular flexibility index (Phi) is 4.61. The van der Waals surface area contributed by atoms with Crippen molar-refractivity contribution < 1.29 is 18.3 Å². The topological polar surface area (TPSA) is 75.6 Å². The van der Waals surface area contributed by atoms with Crippen LogP contribution in [0.15, 0.2) is 23.1 Å². The van der Waals surface area contributed by atoms with Crippen molar-refractivity contribution >= 4 is 21.6 Å². The van der Waals surface area contributed by atoms with E-state index in [1.807, 2.05) is 0 Å². The summed E-state index contributed by atoms with van der Waals surface area (Å²) in [4.78, 5) is -0.0151. The quantitative estimate of drug-likeness (QED) is 0.860. The van der Waals surface area contributed by atoms with Crippen LogP contribution in [0.5, 0.6) is 5.75 Å². The van der Waals surface area contributed by atoms with Crippen LogP contribution in [0.1, 0.15) is 13.8 Å². The zero-order chi connectivity index (χ0) is 14.0. The fourth-order valence-corrected chi connectivity index (χ4v) is 2.73. The highest BCUT2D eigenvalue weighted by atomic mass is 35.5. The number of hydrogen-bond acceptors (Lipinski definition) is 4. The van der Waals surface area contributed by atoms with Gasteiger partial charge in [-0.15, -0.1) is 0 Å². The highest BCUT2D eigenvalue weighted by Crippen LogP contribution is 2.27. The first-order valence-electron chi connectivity index (χ1n) is 5.21. The van der Waals surface area contributed by atoms with Crippen LogP contribution >= 0.6 is 11.6 Å². The molecule has 5 nitrogen and oxygen atoms in total. The van der Waals surface area contributed by atoms with Crippen molar-refractivity contribution in [1.82, 2.24) is 4.72 Å². The number of sulfonamides is 1. The van der Waals surface area contributed by atoms with E-state index in [9.17, 15) is 13.5 Å². The minimum Gasteiger partial charge on any atom is -0.495 e. The second kappa shape index (κ2) is 5.44. The SMILES string of the molecule is COc1cc(Cl)ccc1S(=O)(=O)NCC(C)(C)O. The molecule has 0 amide bonds. The summed E-state index contributed by atoms with van der Waals surface area (Å²) < 4.78 is 31.3. The molecule has 0 bridgehead atoms. The molecule has 0 saturated heterocycles. The van der Waals surface area contributed by atoms with Gasteiger partial charge in [-0.05, 0) is 26.0 Å². The third-order valence-electron chi connectivity index (χ3n) is 2.11. The molecule has 0 radical (unpaired) electrons. The first-order valence-corrected chi connectivity index (χ1v) is 7.07. The Morgan fingerprint density at radius 3 is 2.56 bits per heavy atom. The van der Waals surface area contributed by atoms with Crippen molar-refractivity contribution in [2.75, 3.05) is 13.7 Å². The van der Waals surface area contributed by atoms with Crippen molar-refractivity contribution in [3.63, 3.8) is 0 Å². The maximum atomic E-state index is 12.0. The fraction of sp³-hybridized carbons (Fsp3) is 0.455. The summed E-state index contributed by atoms with van der Waals surface area (Å²) in [6.07, 6.45) is 0. The predicted octanol–water partition coefficient (Wildman–Crippen LogP) is 1.40. The minimum absolute atomic E-state index is 0.0151. The smallest absolute Gasteiger partial charge is 0.244 e. The van der Waals surface area contributed by atoms with Crippen molar-refractivity contribution in [2.45, 2.75) is 24.3 Å². The van der Waals surface area contributed by atoms with Crippen molar-refractivity contribution in [3.05, 3.63) is 23.2 Å². The van der Waals surface area contributed by atoms with E-state index in [1.165, 1.54) is 39.2 Å². The predicted molar refractivity (Wildman–Crippen MR) is 69.5 cm³/mol. The van der Waals surface area contributed by atoms with E-state index < -0.39 is 15.6 Å². The maximum Gasteiger partial charge on any atom is 0.244 e. The van der Waals surface area contributed by atoms with Crippen molar-refractivity contribution in [3.8, 4) is 5.75 Å². The van der Waals surface area contributed by atoms with Gasteiger partial charge >= 0.3 is 0 Å². The number of methoxy groups -OCH3 is 1. The molecular weight excluding hydrogens is 278 g/mol. The van der Waals surface area contributed by atoms with Crippen LogP contribution in [0, 0.1) is 0 Å². The Bertz CT molecular complexity index is 522. The summed E-state index contributed by atoms with van der Waals surface area (Å²) in [5.41, 5.74) is -1.13. The van der Waals surface area contributed by atoms with Crippen LogP contribution in [-0.2, 0) is 10.0 Å². The van der Waals surface area contributed by atoms with Gasteiger partial charge < -0.3 is 9.84 Å². The van der Waals surface area contributed by atoms with Gasteiger partial charge in [0.05, 0.1) is 12.7 Å². The van der Waals surface area contributed by atoms with Gasteiger partial charge in [0, 0.05) is 17.6 Å². The Labute approximate surface area is 112 Å². The molecule has 0 aliphatic rings. The van der Waals surface area contributed by atoms with Crippen LogP contribution in [0.4, 0.5) is 0 Å². The summed E-state index contributed by atoms with van der Waals surface area (Å²) in [6.45, 7) is 2.92. The van der Waals surface area contributed by atoms with Crippen LogP contribution in [0.25, 0.3) is 0 Å². The molecular formula is C11H16ClNO4S. The monoisotopic (exact) mass is 293 g/mol. The summed E-state index contributed by atoms with van der Waals surface area (Å²) in [5.74, 6) is 0.158. The number of hydrogen-bond donors (Lipinski definition) is 2. The molecule has 2 N–H and O–H groups in total. The van der Waals surface area contributed by atoms with E-state index in [2.05, 4.69) is 4.72 Å². The van der Waals surface area contributed by atoms with Crippen molar-refractivity contribution in [1.29, 1.82) is 0 Å². The fourth-order valence-electron chi connectivity index (χ4n) is 1.21. The lowest BCUT2D eigenvalue weighted by molar-refractivity contribution is 0.0857. The number of halogens is 1. The first-order chi connectivity index (χ1) is 8.15. The second-order valence-corrected chi connectivity index (χ2v) is 6.60. The summed E-state index contributed by atoms with van der Waals surface area (Å²) >= 11 is 5.76. The van der Waals surface area contributed by atoms with E-state index in [0.29, 0.717) is 5.02 Å². The molecule has 0 aliphatic carbocycles. The molecule has 0 aliphatic heterocycles. The molecule has 1 aromatic rings. The molecule has 0 aromatic heterocycles. The van der Waals surface area contributed by atoms with Gasteiger partial charge in [0.25, 0.3) is 0 Å². The van der Waals surface area contributed by atoms with E-state index in [0.717, 1.165) is 0 Å². The van der Waals surface area contributed by atoms with Crippen LogP contribution in [0.3, 0.4) is 0 Å². The van der Waals surface area contributed by atoms with Gasteiger partial charge in [0.1, 0.15) is 10.6 Å². The Balaban J connectivity index is 3.05. The third kappa shape index (κ3) is 4.13. The van der Waals surface area contributed by atoms with Gasteiger partial charge in [-0.2, -0.15) is 0 Å². The highest BCUT2D eigenvalue weighted by molar-refractivity contribution is 7.89. The van der Waals surface area contributed by atoms with Crippen molar-refractivity contribution in [2.24, 2.45) is 0 Å². The molecule has 1 aromatic carbocycles. The standard InChI is InChI=1S/C11H16ClNO4S/c1-11(2,14)7-13-18(15,16)10-5-4-8(12)6-9(10)17-3/h4-6,13-14H,7H2,1-3H3. The zero-order valence-corrected chi connectivity index (χ0v) is 12.0. The molecule has 7 heteroatoms.